The molecule has 2 aliphatic rings. The van der Waals surface area contributed by atoms with Crippen LogP contribution < -0.4 is 14.8 Å². The number of hydrogen-bond donors (Lipinski definition) is 1. The summed E-state index contributed by atoms with van der Waals surface area (Å²) in [6.07, 6.45) is 1.79. The van der Waals surface area contributed by atoms with Crippen molar-refractivity contribution >= 4 is 9.84 Å². The zero-order valence-corrected chi connectivity index (χ0v) is 13.9. The van der Waals surface area contributed by atoms with Gasteiger partial charge in [0.05, 0.1) is 18.1 Å². The predicted molar refractivity (Wildman–Crippen MR) is 85.3 cm³/mol. The van der Waals surface area contributed by atoms with Crippen molar-refractivity contribution in [1.82, 2.24) is 5.32 Å². The van der Waals surface area contributed by atoms with Crippen molar-refractivity contribution in [1.29, 1.82) is 0 Å². The molecule has 0 amide bonds. The van der Waals surface area contributed by atoms with E-state index < -0.39 is 9.84 Å². The largest absolute Gasteiger partial charge is 0.494 e. The minimum absolute atomic E-state index is 0.0348. The summed E-state index contributed by atoms with van der Waals surface area (Å²) in [6.45, 7) is 5.23. The average molecular weight is 325 g/mol. The lowest BCUT2D eigenvalue weighted by Crippen LogP contribution is -2.29. The summed E-state index contributed by atoms with van der Waals surface area (Å²) in [5.74, 6) is 2.31. The fraction of sp³-hybridized carbons (Fsp3) is 0.625. The average Bonchev–Trinajstić information content (AvgIpc) is 2.97. The standard InChI is InChI=1S/C16H23NO4S/c1-3-20-15-7-12-6-11(2)21-16(12)8-13(15)9-17-14-4-5-22(18,19)10-14/h7-8,11,14,17H,3-6,9-10H2,1-2H3/t11-,14+/m1/s1. The summed E-state index contributed by atoms with van der Waals surface area (Å²) >= 11 is 0. The maximum atomic E-state index is 11.5. The van der Waals surface area contributed by atoms with Gasteiger partial charge in [-0.2, -0.15) is 0 Å². The van der Waals surface area contributed by atoms with Gasteiger partial charge in [-0.3, -0.25) is 0 Å². The van der Waals surface area contributed by atoms with Crippen molar-refractivity contribution < 1.29 is 17.9 Å². The molecule has 1 saturated heterocycles. The first-order valence-electron chi connectivity index (χ1n) is 7.86. The van der Waals surface area contributed by atoms with Crippen molar-refractivity contribution in [3.05, 3.63) is 23.3 Å². The van der Waals surface area contributed by atoms with E-state index in [0.717, 1.165) is 23.5 Å². The van der Waals surface area contributed by atoms with Crippen LogP contribution in [0, 0.1) is 0 Å². The zero-order valence-electron chi connectivity index (χ0n) is 13.1. The lowest BCUT2D eigenvalue weighted by Gasteiger charge is -2.15. The van der Waals surface area contributed by atoms with Crippen molar-refractivity contribution in [2.24, 2.45) is 0 Å². The van der Waals surface area contributed by atoms with Crippen LogP contribution in [0.15, 0.2) is 12.1 Å². The Morgan fingerprint density at radius 2 is 2.23 bits per heavy atom. The Kier molecular flexibility index (Phi) is 4.32. The highest BCUT2D eigenvalue weighted by molar-refractivity contribution is 7.91. The second-order valence-corrected chi connectivity index (χ2v) is 8.34. The first kappa shape index (κ1) is 15.6. The van der Waals surface area contributed by atoms with Gasteiger partial charge in [-0.25, -0.2) is 8.42 Å². The molecule has 0 aromatic heterocycles. The van der Waals surface area contributed by atoms with Gasteiger partial charge in [0, 0.05) is 30.1 Å². The molecule has 0 unspecified atom stereocenters. The molecule has 0 aliphatic carbocycles. The van der Waals surface area contributed by atoms with Crippen LogP contribution in [0.25, 0.3) is 0 Å². The van der Waals surface area contributed by atoms with Gasteiger partial charge in [0.25, 0.3) is 0 Å². The maximum absolute atomic E-state index is 11.5. The number of benzene rings is 1. The fourth-order valence-electron chi connectivity index (χ4n) is 3.12. The molecule has 122 valence electrons. The number of ether oxygens (including phenoxy) is 2. The fourth-order valence-corrected chi connectivity index (χ4v) is 4.83. The molecule has 5 nitrogen and oxygen atoms in total. The number of rotatable bonds is 5. The van der Waals surface area contributed by atoms with E-state index in [9.17, 15) is 8.42 Å². The van der Waals surface area contributed by atoms with Crippen molar-refractivity contribution in [2.45, 2.75) is 45.4 Å². The molecule has 2 heterocycles. The third kappa shape index (κ3) is 3.38. The van der Waals surface area contributed by atoms with Gasteiger partial charge >= 0.3 is 0 Å². The molecule has 0 spiro atoms. The molecule has 0 bridgehead atoms. The summed E-state index contributed by atoms with van der Waals surface area (Å²) in [7, 11) is -2.86. The number of hydrogen-bond acceptors (Lipinski definition) is 5. The number of fused-ring (bicyclic) bond motifs is 1. The van der Waals surface area contributed by atoms with E-state index >= 15 is 0 Å². The molecule has 22 heavy (non-hydrogen) atoms. The first-order valence-corrected chi connectivity index (χ1v) is 9.68. The minimum Gasteiger partial charge on any atom is -0.494 e. The van der Waals surface area contributed by atoms with Crippen LogP contribution in [0.4, 0.5) is 0 Å². The highest BCUT2D eigenvalue weighted by Crippen LogP contribution is 2.35. The Hall–Kier alpha value is -1.27. The molecule has 2 aliphatic heterocycles. The highest BCUT2D eigenvalue weighted by Gasteiger charge is 2.28. The maximum Gasteiger partial charge on any atom is 0.151 e. The summed E-state index contributed by atoms with van der Waals surface area (Å²) in [5, 5.41) is 3.34. The van der Waals surface area contributed by atoms with E-state index in [1.165, 1.54) is 5.56 Å². The molecule has 1 aromatic rings. The normalized spacial score (nSPS) is 25.7. The van der Waals surface area contributed by atoms with Crippen LogP contribution in [-0.2, 0) is 22.8 Å². The van der Waals surface area contributed by atoms with Gasteiger partial charge in [0.15, 0.2) is 9.84 Å². The predicted octanol–water partition coefficient (Wildman–Crippen LogP) is 1.69. The molecule has 1 aromatic carbocycles. The molecule has 1 fully saturated rings. The van der Waals surface area contributed by atoms with Crippen LogP contribution in [0.3, 0.4) is 0 Å². The lowest BCUT2D eigenvalue weighted by atomic mass is 10.1. The monoisotopic (exact) mass is 325 g/mol. The van der Waals surface area contributed by atoms with E-state index in [4.69, 9.17) is 9.47 Å². The molecule has 6 heteroatoms. The molecular weight excluding hydrogens is 302 g/mol. The summed E-state index contributed by atoms with van der Waals surface area (Å²) in [4.78, 5) is 0. The van der Waals surface area contributed by atoms with Gasteiger partial charge in [-0.15, -0.1) is 0 Å². The Balaban J connectivity index is 1.73. The zero-order chi connectivity index (χ0) is 15.7. The van der Waals surface area contributed by atoms with E-state index in [1.807, 2.05) is 13.0 Å². The third-order valence-electron chi connectivity index (χ3n) is 4.19. The quantitative estimate of drug-likeness (QED) is 0.892. The van der Waals surface area contributed by atoms with Crippen LogP contribution in [-0.4, -0.2) is 38.7 Å². The topological polar surface area (TPSA) is 64.6 Å². The Morgan fingerprint density at radius 3 is 2.91 bits per heavy atom. The van der Waals surface area contributed by atoms with Crippen molar-refractivity contribution in [3.8, 4) is 11.5 Å². The van der Waals surface area contributed by atoms with Crippen LogP contribution >= 0.6 is 0 Å². The van der Waals surface area contributed by atoms with E-state index in [2.05, 4.69) is 18.3 Å². The van der Waals surface area contributed by atoms with Gasteiger partial charge < -0.3 is 14.8 Å². The van der Waals surface area contributed by atoms with E-state index in [0.29, 0.717) is 19.6 Å². The number of nitrogens with one attached hydrogen (secondary N) is 1. The van der Waals surface area contributed by atoms with Crippen LogP contribution in [0.5, 0.6) is 11.5 Å². The molecule has 2 atom stereocenters. The Morgan fingerprint density at radius 1 is 1.41 bits per heavy atom. The van der Waals surface area contributed by atoms with Crippen LogP contribution in [0.2, 0.25) is 0 Å². The second kappa shape index (κ2) is 6.08. The van der Waals surface area contributed by atoms with Gasteiger partial charge in [0.2, 0.25) is 0 Å². The van der Waals surface area contributed by atoms with Crippen molar-refractivity contribution in [3.63, 3.8) is 0 Å². The Bertz CT molecular complexity index is 656. The van der Waals surface area contributed by atoms with Gasteiger partial charge in [0.1, 0.15) is 17.6 Å². The van der Waals surface area contributed by atoms with Crippen LogP contribution in [0.1, 0.15) is 31.4 Å². The number of sulfone groups is 1. The highest BCUT2D eigenvalue weighted by atomic mass is 32.2. The minimum atomic E-state index is -2.86. The summed E-state index contributed by atoms with van der Waals surface area (Å²) in [5.41, 5.74) is 2.21. The SMILES string of the molecule is CCOc1cc2c(cc1CN[C@H]1CCS(=O)(=O)C1)O[C@H](C)C2. The molecule has 0 saturated carbocycles. The molecular formula is C16H23NO4S. The lowest BCUT2D eigenvalue weighted by molar-refractivity contribution is 0.254. The summed E-state index contributed by atoms with van der Waals surface area (Å²) in [6, 6.07) is 4.12. The van der Waals surface area contributed by atoms with Gasteiger partial charge in [-0.05, 0) is 32.4 Å². The second-order valence-electron chi connectivity index (χ2n) is 6.11. The van der Waals surface area contributed by atoms with E-state index in [1.54, 1.807) is 0 Å². The molecule has 1 N–H and O–H groups in total. The smallest absolute Gasteiger partial charge is 0.151 e. The molecule has 3 rings (SSSR count). The third-order valence-corrected chi connectivity index (χ3v) is 5.96. The van der Waals surface area contributed by atoms with E-state index in [-0.39, 0.29) is 23.7 Å². The molecule has 0 radical (unpaired) electrons. The summed E-state index contributed by atoms with van der Waals surface area (Å²) < 4.78 is 34.6. The van der Waals surface area contributed by atoms with Crippen molar-refractivity contribution in [2.75, 3.05) is 18.1 Å². The van der Waals surface area contributed by atoms with Gasteiger partial charge in [-0.1, -0.05) is 0 Å². The first-order chi connectivity index (χ1) is 10.5. The Labute approximate surface area is 131 Å².